The number of nitrogens with one attached hydrogen (secondary N) is 2. The van der Waals surface area contributed by atoms with Crippen molar-refractivity contribution < 1.29 is 31.5 Å². The molecule has 4 rings (SSSR count). The minimum Gasteiger partial charge on any atom is -0.475 e. The lowest BCUT2D eigenvalue weighted by Crippen LogP contribution is -2.26. The number of carbonyl (C=O) groups is 1. The average molecular weight is 530 g/mol. The van der Waals surface area contributed by atoms with Crippen molar-refractivity contribution in [2.75, 3.05) is 23.1 Å². The second kappa shape index (κ2) is 11.5. The topological polar surface area (TPSA) is 125 Å². The predicted octanol–water partition coefficient (Wildman–Crippen LogP) is 3.66. The maximum absolute atomic E-state index is 12.6. The second-order valence-corrected chi connectivity index (χ2v) is 9.97. The third-order valence-electron chi connectivity index (χ3n) is 4.81. The van der Waals surface area contributed by atoms with Gasteiger partial charge in [0.2, 0.25) is 0 Å². The van der Waals surface area contributed by atoms with E-state index in [-0.39, 0.29) is 10.9 Å². The zero-order valence-corrected chi connectivity index (χ0v) is 19.8. The summed E-state index contributed by atoms with van der Waals surface area (Å²) in [5.41, 5.74) is 2.70. The van der Waals surface area contributed by atoms with Gasteiger partial charge in [0.15, 0.2) is 5.82 Å². The van der Waals surface area contributed by atoms with Crippen molar-refractivity contribution in [1.82, 2.24) is 14.9 Å². The van der Waals surface area contributed by atoms with Crippen molar-refractivity contribution in [2.24, 2.45) is 0 Å². The molecule has 2 aromatic heterocycles. The fourth-order valence-corrected chi connectivity index (χ4v) is 5.03. The molecule has 0 saturated carbocycles. The van der Waals surface area contributed by atoms with E-state index < -0.39 is 22.2 Å². The highest BCUT2D eigenvalue weighted by Crippen LogP contribution is 2.30. The number of aromatic nitrogens is 2. The summed E-state index contributed by atoms with van der Waals surface area (Å²) < 4.78 is 59.4. The van der Waals surface area contributed by atoms with Crippen LogP contribution in [0.25, 0.3) is 0 Å². The highest BCUT2D eigenvalue weighted by molar-refractivity contribution is 7.92. The Morgan fingerprint density at radius 1 is 1.14 bits per heavy atom. The van der Waals surface area contributed by atoms with Crippen LogP contribution >= 0.6 is 11.3 Å². The van der Waals surface area contributed by atoms with Crippen LogP contribution in [0.2, 0.25) is 0 Å². The zero-order chi connectivity index (χ0) is 25.5. The molecule has 1 aliphatic heterocycles. The van der Waals surface area contributed by atoms with Crippen LogP contribution in [0.1, 0.15) is 12.1 Å². The van der Waals surface area contributed by atoms with Crippen molar-refractivity contribution in [3.05, 3.63) is 65.9 Å². The molecular formula is C21H22F3N5O4S2. The second-order valence-electron chi connectivity index (χ2n) is 7.44. The Morgan fingerprint density at radius 2 is 1.83 bits per heavy atom. The Labute approximate surface area is 203 Å². The van der Waals surface area contributed by atoms with E-state index in [1.165, 1.54) is 11.3 Å². The molecule has 1 aromatic carbocycles. The number of likely N-dealkylation sites (tertiary alicyclic amines) is 1. The Hall–Kier alpha value is -3.23. The molecule has 1 atom stereocenters. The molecule has 9 nitrogen and oxygen atoms in total. The molecule has 35 heavy (non-hydrogen) atoms. The van der Waals surface area contributed by atoms with Gasteiger partial charge in [0.25, 0.3) is 10.0 Å². The number of sulfonamides is 1. The quantitative estimate of drug-likeness (QED) is 0.424. The lowest BCUT2D eigenvalue weighted by atomic mass is 10.3. The number of thiazole rings is 1. The van der Waals surface area contributed by atoms with Crippen LogP contribution in [-0.2, 0) is 21.4 Å². The number of carboxylic acids is 1. The van der Waals surface area contributed by atoms with Crippen LogP contribution in [-0.4, -0.2) is 59.7 Å². The van der Waals surface area contributed by atoms with E-state index in [0.29, 0.717) is 5.82 Å². The Balaban J connectivity index is 0.000000429. The molecule has 0 amide bonds. The molecule has 1 saturated heterocycles. The monoisotopic (exact) mass is 529 g/mol. The molecule has 0 aliphatic carbocycles. The number of carboxylic acid groups (broad SMARTS) is 1. The third-order valence-corrected chi connectivity index (χ3v) is 6.93. The van der Waals surface area contributed by atoms with Crippen molar-refractivity contribution in [1.29, 1.82) is 0 Å². The molecule has 3 heterocycles. The normalized spacial score (nSPS) is 16.3. The molecule has 0 spiro atoms. The molecule has 0 radical (unpaired) electrons. The number of pyridine rings is 1. The van der Waals surface area contributed by atoms with Crippen molar-refractivity contribution >= 4 is 38.1 Å². The van der Waals surface area contributed by atoms with Crippen LogP contribution in [0.3, 0.4) is 0 Å². The number of anilines is 2. The predicted molar refractivity (Wildman–Crippen MR) is 125 cm³/mol. The molecule has 188 valence electrons. The first-order valence-corrected chi connectivity index (χ1v) is 12.6. The first-order valence-electron chi connectivity index (χ1n) is 10.2. The van der Waals surface area contributed by atoms with Crippen LogP contribution in [0.4, 0.5) is 24.0 Å². The van der Waals surface area contributed by atoms with Gasteiger partial charge in [-0.15, -0.1) is 11.3 Å². The van der Waals surface area contributed by atoms with E-state index in [9.17, 15) is 21.6 Å². The van der Waals surface area contributed by atoms with E-state index in [2.05, 4.69) is 24.9 Å². The van der Waals surface area contributed by atoms with Gasteiger partial charge in [0.1, 0.15) is 5.00 Å². The average Bonchev–Trinajstić information content (AvgIpc) is 3.44. The summed E-state index contributed by atoms with van der Waals surface area (Å²) in [4.78, 5) is 20.0. The van der Waals surface area contributed by atoms with E-state index in [1.54, 1.807) is 35.8 Å². The van der Waals surface area contributed by atoms with E-state index in [1.807, 2.05) is 24.4 Å². The summed E-state index contributed by atoms with van der Waals surface area (Å²) in [6.07, 6.45) is -2.29. The molecule has 1 fully saturated rings. The molecule has 0 bridgehead atoms. The lowest BCUT2D eigenvalue weighted by Gasteiger charge is -2.17. The summed E-state index contributed by atoms with van der Waals surface area (Å²) in [7, 11) is -3.66. The summed E-state index contributed by atoms with van der Waals surface area (Å²) in [5, 5.41) is 11.3. The number of halogens is 3. The Morgan fingerprint density at radius 3 is 2.46 bits per heavy atom. The number of benzene rings is 1. The van der Waals surface area contributed by atoms with Crippen LogP contribution in [0, 0.1) is 0 Å². The van der Waals surface area contributed by atoms with Gasteiger partial charge in [-0.1, -0.05) is 24.3 Å². The van der Waals surface area contributed by atoms with E-state index >= 15 is 0 Å². The number of alkyl halides is 3. The van der Waals surface area contributed by atoms with Crippen LogP contribution in [0.15, 0.2) is 65.1 Å². The van der Waals surface area contributed by atoms with Crippen molar-refractivity contribution in [2.45, 2.75) is 30.1 Å². The third kappa shape index (κ3) is 7.90. The van der Waals surface area contributed by atoms with E-state index in [4.69, 9.17) is 9.90 Å². The molecule has 3 aromatic rings. The smallest absolute Gasteiger partial charge is 0.475 e. The van der Waals surface area contributed by atoms with Gasteiger partial charge >= 0.3 is 12.1 Å². The van der Waals surface area contributed by atoms with Crippen LogP contribution < -0.4 is 10.0 Å². The minimum absolute atomic E-state index is 0.219. The molecular weight excluding hydrogens is 507 g/mol. The molecule has 0 unspecified atom stereocenters. The van der Waals surface area contributed by atoms with Crippen molar-refractivity contribution in [3.8, 4) is 0 Å². The highest BCUT2D eigenvalue weighted by atomic mass is 32.2. The maximum Gasteiger partial charge on any atom is 0.490 e. The largest absolute Gasteiger partial charge is 0.490 e. The van der Waals surface area contributed by atoms with Crippen LogP contribution in [0.5, 0.6) is 0 Å². The lowest BCUT2D eigenvalue weighted by molar-refractivity contribution is -0.192. The Kier molecular flexibility index (Phi) is 8.64. The summed E-state index contributed by atoms with van der Waals surface area (Å²) in [5.74, 6) is -2.41. The first kappa shape index (κ1) is 26.4. The van der Waals surface area contributed by atoms with Gasteiger partial charge in [-0.25, -0.2) is 18.2 Å². The minimum atomic E-state index is -5.08. The fourth-order valence-electron chi connectivity index (χ4n) is 3.21. The summed E-state index contributed by atoms with van der Waals surface area (Å²) >= 11 is 1.40. The highest BCUT2D eigenvalue weighted by Gasteiger charge is 2.38. The van der Waals surface area contributed by atoms with Gasteiger partial charge in [-0.2, -0.15) is 13.2 Å². The van der Waals surface area contributed by atoms with E-state index in [0.717, 1.165) is 36.8 Å². The number of aliphatic carboxylic acids is 1. The number of rotatable bonds is 7. The first-order chi connectivity index (χ1) is 16.5. The van der Waals surface area contributed by atoms with Gasteiger partial charge < -0.3 is 10.4 Å². The molecule has 3 N–H and O–H groups in total. The summed E-state index contributed by atoms with van der Waals surface area (Å²) in [6.45, 7) is 2.66. The fraction of sp³-hybridized carbons (Fsp3) is 0.286. The van der Waals surface area contributed by atoms with Crippen molar-refractivity contribution in [3.63, 3.8) is 0 Å². The van der Waals surface area contributed by atoms with Gasteiger partial charge in [-0.3, -0.25) is 14.6 Å². The molecule has 1 aliphatic rings. The zero-order valence-electron chi connectivity index (χ0n) is 18.1. The molecule has 14 heteroatoms. The summed E-state index contributed by atoms with van der Waals surface area (Å²) in [6, 6.07) is 14.5. The maximum atomic E-state index is 12.6. The van der Waals surface area contributed by atoms with Gasteiger partial charge in [-0.05, 0) is 30.7 Å². The Bertz CT molecular complexity index is 1210. The number of hydrogen-bond acceptors (Lipinski definition) is 8. The van der Waals surface area contributed by atoms with Gasteiger partial charge in [0, 0.05) is 31.9 Å². The SMILES string of the molecule is O=C(O)C(F)(F)F.O=S(=O)(Nc1ncsc1N[C@H]1CCN(Cc2ccccn2)C1)c1ccccc1. The number of hydrogen-bond donors (Lipinski definition) is 3. The standard InChI is InChI=1S/C19H21N5O2S2.C2HF3O2/c25-28(26,17-7-2-1-3-8-17)23-18-19(27-14-21-18)22-16-9-11-24(13-16)12-15-6-4-5-10-20-15;3-2(4,5)1(6)7/h1-8,10,14,16,22-23H,9,11-13H2;(H,6,7)/t16-;/m0./s1. The number of nitrogens with zero attached hydrogens (tertiary/aromatic N) is 3. The van der Waals surface area contributed by atoms with Gasteiger partial charge in [0.05, 0.1) is 16.1 Å².